The van der Waals surface area contributed by atoms with E-state index in [4.69, 9.17) is 0 Å². The number of hydrogen-bond acceptors (Lipinski definition) is 2. The van der Waals surface area contributed by atoms with E-state index >= 15 is 0 Å². The Morgan fingerprint density at radius 3 is 2.47 bits per heavy atom. The zero-order chi connectivity index (χ0) is 23.7. The van der Waals surface area contributed by atoms with Gasteiger partial charge in [-0.3, -0.25) is 9.59 Å². The zero-order valence-corrected chi connectivity index (χ0v) is 19.6. The summed E-state index contributed by atoms with van der Waals surface area (Å²) in [6.07, 6.45) is 0.695. The van der Waals surface area contributed by atoms with E-state index in [0.717, 1.165) is 16.5 Å². The molecule has 1 N–H and O–H groups in total. The van der Waals surface area contributed by atoms with Gasteiger partial charge < -0.3 is 14.8 Å². The molecule has 1 aliphatic heterocycles. The molecule has 4 aromatic rings. The third-order valence-electron chi connectivity index (χ3n) is 6.99. The highest BCUT2D eigenvalue weighted by atomic mass is 16.2. The van der Waals surface area contributed by atoms with E-state index in [-0.39, 0.29) is 11.8 Å². The van der Waals surface area contributed by atoms with Crippen LogP contribution in [-0.2, 0) is 24.3 Å². The molecule has 0 bridgehead atoms. The van der Waals surface area contributed by atoms with Gasteiger partial charge in [0.25, 0.3) is 5.91 Å². The lowest BCUT2D eigenvalue weighted by Gasteiger charge is -2.44. The van der Waals surface area contributed by atoms with Crippen molar-refractivity contribution in [3.63, 3.8) is 0 Å². The molecule has 3 aromatic carbocycles. The van der Waals surface area contributed by atoms with E-state index in [2.05, 4.69) is 24.4 Å². The molecule has 2 heterocycles. The number of carbonyl (C=O) groups is 2. The lowest BCUT2D eigenvalue weighted by Crippen LogP contribution is -2.64. The summed E-state index contributed by atoms with van der Waals surface area (Å²) in [5.74, 6) is -0.244. The molecular formula is C29H29N3O2. The van der Waals surface area contributed by atoms with Gasteiger partial charge in [-0.05, 0) is 49.1 Å². The normalized spacial score (nSPS) is 17.6. The van der Waals surface area contributed by atoms with Crippen molar-refractivity contribution in [3.8, 4) is 0 Å². The van der Waals surface area contributed by atoms with Crippen LogP contribution in [0.3, 0.4) is 0 Å². The van der Waals surface area contributed by atoms with E-state index in [1.54, 1.807) is 4.90 Å². The van der Waals surface area contributed by atoms with E-state index in [0.29, 0.717) is 31.7 Å². The SMILES string of the molecule is Cc1ccccc1CCN1C(=O)c2cc3ccccc3n2C[C@@]1(C)C(=O)NCc1ccccc1. The second-order valence-corrected chi connectivity index (χ2v) is 9.25. The minimum absolute atomic E-state index is 0.103. The van der Waals surface area contributed by atoms with Crippen LogP contribution < -0.4 is 5.32 Å². The summed E-state index contributed by atoms with van der Waals surface area (Å²) in [5.41, 5.74) is 4.01. The van der Waals surface area contributed by atoms with Gasteiger partial charge in [0.1, 0.15) is 11.2 Å². The Kier molecular flexibility index (Phi) is 5.70. The molecule has 0 saturated heterocycles. The van der Waals surface area contributed by atoms with Gasteiger partial charge in [-0.2, -0.15) is 0 Å². The van der Waals surface area contributed by atoms with Gasteiger partial charge in [-0.25, -0.2) is 0 Å². The summed E-state index contributed by atoms with van der Waals surface area (Å²) in [6.45, 7) is 5.28. The number of nitrogens with zero attached hydrogens (tertiary/aromatic N) is 2. The predicted molar refractivity (Wildman–Crippen MR) is 135 cm³/mol. The van der Waals surface area contributed by atoms with Gasteiger partial charge >= 0.3 is 0 Å². The minimum atomic E-state index is -1.01. The summed E-state index contributed by atoms with van der Waals surface area (Å²) < 4.78 is 2.00. The fraction of sp³-hybridized carbons (Fsp3) is 0.241. The standard InChI is InChI=1S/C29H29N3O2/c1-21-10-6-7-13-23(21)16-17-32-27(33)26-18-24-14-8-9-15-25(24)31(26)20-29(32,2)28(34)30-19-22-11-4-3-5-12-22/h3-15,18H,16-17,19-20H2,1-2H3,(H,30,34)/t29-/m0/s1. The van der Waals surface area contributed by atoms with Crippen LogP contribution in [-0.4, -0.2) is 33.4 Å². The van der Waals surface area contributed by atoms with E-state index in [1.807, 2.05) is 84.3 Å². The van der Waals surface area contributed by atoms with Gasteiger partial charge in [0.15, 0.2) is 0 Å². The van der Waals surface area contributed by atoms with Crippen LogP contribution in [0.25, 0.3) is 10.9 Å². The van der Waals surface area contributed by atoms with Crippen molar-refractivity contribution in [2.24, 2.45) is 0 Å². The van der Waals surface area contributed by atoms with Gasteiger partial charge in [0, 0.05) is 24.0 Å². The van der Waals surface area contributed by atoms with Gasteiger partial charge in [0.2, 0.25) is 5.91 Å². The molecular weight excluding hydrogens is 422 g/mol. The zero-order valence-electron chi connectivity index (χ0n) is 19.6. The summed E-state index contributed by atoms with van der Waals surface area (Å²) in [7, 11) is 0. The van der Waals surface area contributed by atoms with Crippen molar-refractivity contribution in [1.29, 1.82) is 0 Å². The van der Waals surface area contributed by atoms with Gasteiger partial charge in [0.05, 0.1) is 6.54 Å². The van der Waals surface area contributed by atoms with Crippen LogP contribution in [0, 0.1) is 6.92 Å². The first kappa shape index (κ1) is 22.0. The molecule has 0 saturated carbocycles. The molecule has 0 radical (unpaired) electrons. The lowest BCUT2D eigenvalue weighted by molar-refractivity contribution is -0.133. The number of nitrogens with one attached hydrogen (secondary N) is 1. The van der Waals surface area contributed by atoms with Crippen molar-refractivity contribution in [2.75, 3.05) is 6.54 Å². The largest absolute Gasteiger partial charge is 0.350 e. The molecule has 1 aliphatic rings. The molecule has 5 rings (SSSR count). The minimum Gasteiger partial charge on any atom is -0.350 e. The van der Waals surface area contributed by atoms with Gasteiger partial charge in [-0.1, -0.05) is 72.8 Å². The Morgan fingerprint density at radius 2 is 1.68 bits per heavy atom. The predicted octanol–water partition coefficient (Wildman–Crippen LogP) is 4.72. The van der Waals surface area contributed by atoms with Crippen LogP contribution in [0.5, 0.6) is 0 Å². The van der Waals surface area contributed by atoms with E-state index < -0.39 is 5.54 Å². The average molecular weight is 452 g/mol. The van der Waals surface area contributed by atoms with Crippen molar-refractivity contribution < 1.29 is 9.59 Å². The van der Waals surface area contributed by atoms with Crippen molar-refractivity contribution >= 4 is 22.7 Å². The molecule has 1 atom stereocenters. The number of fused-ring (bicyclic) bond motifs is 3. The molecule has 0 fully saturated rings. The maximum absolute atomic E-state index is 13.8. The highest BCUT2D eigenvalue weighted by Gasteiger charge is 2.47. The fourth-order valence-corrected chi connectivity index (χ4v) is 4.95. The Bertz CT molecular complexity index is 1360. The molecule has 0 aliphatic carbocycles. The number of para-hydroxylation sites is 1. The van der Waals surface area contributed by atoms with E-state index in [9.17, 15) is 9.59 Å². The van der Waals surface area contributed by atoms with Crippen LogP contribution >= 0.6 is 0 Å². The number of hydrogen-bond donors (Lipinski definition) is 1. The maximum Gasteiger partial charge on any atom is 0.271 e. The molecule has 5 nitrogen and oxygen atoms in total. The summed E-state index contributed by atoms with van der Waals surface area (Å²) in [5, 5.41) is 4.11. The van der Waals surface area contributed by atoms with Crippen LogP contribution in [0.15, 0.2) is 84.9 Å². The second-order valence-electron chi connectivity index (χ2n) is 9.25. The Hall–Kier alpha value is -3.86. The Labute approximate surface area is 200 Å². The molecule has 34 heavy (non-hydrogen) atoms. The van der Waals surface area contributed by atoms with Crippen molar-refractivity contribution in [1.82, 2.24) is 14.8 Å². The lowest BCUT2D eigenvalue weighted by atomic mass is 9.93. The van der Waals surface area contributed by atoms with Crippen LogP contribution in [0.1, 0.15) is 34.1 Å². The smallest absolute Gasteiger partial charge is 0.271 e. The highest BCUT2D eigenvalue weighted by molar-refractivity contribution is 6.03. The molecule has 172 valence electrons. The fourth-order valence-electron chi connectivity index (χ4n) is 4.95. The van der Waals surface area contributed by atoms with E-state index in [1.165, 1.54) is 11.1 Å². The molecule has 5 heteroatoms. The third kappa shape index (κ3) is 3.87. The molecule has 2 amide bonds. The Balaban J connectivity index is 1.49. The highest BCUT2D eigenvalue weighted by Crippen LogP contribution is 2.32. The second kappa shape index (κ2) is 8.82. The van der Waals surface area contributed by atoms with Crippen molar-refractivity contribution in [2.45, 2.75) is 38.9 Å². The summed E-state index contributed by atoms with van der Waals surface area (Å²) in [4.78, 5) is 29.3. The first-order valence-corrected chi connectivity index (χ1v) is 11.7. The van der Waals surface area contributed by atoms with Crippen LogP contribution in [0.2, 0.25) is 0 Å². The Morgan fingerprint density at radius 1 is 0.971 bits per heavy atom. The molecule has 0 spiro atoms. The number of amides is 2. The van der Waals surface area contributed by atoms with Gasteiger partial charge in [-0.15, -0.1) is 0 Å². The number of aryl methyl sites for hydroxylation is 1. The first-order valence-electron chi connectivity index (χ1n) is 11.7. The quantitative estimate of drug-likeness (QED) is 0.461. The number of carbonyl (C=O) groups excluding carboxylic acids is 2. The average Bonchev–Trinajstić information content (AvgIpc) is 3.22. The number of benzene rings is 3. The number of aromatic nitrogens is 1. The van der Waals surface area contributed by atoms with Crippen molar-refractivity contribution in [3.05, 3.63) is 107 Å². The number of rotatable bonds is 6. The monoisotopic (exact) mass is 451 g/mol. The maximum atomic E-state index is 13.8. The third-order valence-corrected chi connectivity index (χ3v) is 6.99. The van der Waals surface area contributed by atoms with Crippen LogP contribution in [0.4, 0.5) is 0 Å². The summed E-state index contributed by atoms with van der Waals surface area (Å²) in [6, 6.07) is 28.0. The summed E-state index contributed by atoms with van der Waals surface area (Å²) >= 11 is 0. The molecule has 1 aromatic heterocycles. The topological polar surface area (TPSA) is 54.3 Å². The first-order chi connectivity index (χ1) is 16.5. The molecule has 0 unspecified atom stereocenters.